The fourth-order valence-corrected chi connectivity index (χ4v) is 3.29. The van der Waals surface area contributed by atoms with Gasteiger partial charge in [0.2, 0.25) is 0 Å². The summed E-state index contributed by atoms with van der Waals surface area (Å²) in [5.41, 5.74) is 2.24. The largest absolute Gasteiger partial charge is 0.334 e. The summed E-state index contributed by atoms with van der Waals surface area (Å²) in [7, 11) is 0. The van der Waals surface area contributed by atoms with Crippen LogP contribution in [0.4, 0.5) is 4.39 Å². The third kappa shape index (κ3) is 3.82. The van der Waals surface area contributed by atoms with Gasteiger partial charge in [-0.15, -0.1) is 0 Å². The Bertz CT molecular complexity index is 1090. The van der Waals surface area contributed by atoms with Crippen molar-refractivity contribution >= 4 is 5.91 Å². The number of hydrogen-bond donors (Lipinski definition) is 0. The Labute approximate surface area is 168 Å². The molecule has 146 valence electrons. The zero-order chi connectivity index (χ0) is 20.2. The topological polar surface area (TPSA) is 43.1 Å². The number of carbonyl (C=O) groups excluding carboxylic acids is 1. The molecule has 0 aliphatic carbocycles. The molecule has 0 bridgehead atoms. The average molecular weight is 388 g/mol. The van der Waals surface area contributed by atoms with Crippen molar-refractivity contribution in [3.63, 3.8) is 0 Å². The molecule has 2 aromatic heterocycles. The Hall–Kier alpha value is -3.67. The van der Waals surface area contributed by atoms with Gasteiger partial charge in [0.05, 0.1) is 11.9 Å². The Balaban J connectivity index is 1.75. The number of aromatic nitrogens is 3. The van der Waals surface area contributed by atoms with Crippen molar-refractivity contribution in [2.24, 2.45) is 0 Å². The van der Waals surface area contributed by atoms with E-state index in [0.29, 0.717) is 30.2 Å². The van der Waals surface area contributed by atoms with E-state index in [1.54, 1.807) is 27.9 Å². The summed E-state index contributed by atoms with van der Waals surface area (Å²) in [6.45, 7) is 3.05. The molecule has 0 unspecified atom stereocenters. The van der Waals surface area contributed by atoms with Gasteiger partial charge < -0.3 is 9.47 Å². The normalized spacial score (nSPS) is 10.8. The molecular weight excluding hydrogens is 367 g/mol. The second-order valence-corrected chi connectivity index (χ2v) is 6.67. The molecule has 6 heteroatoms. The molecule has 2 aromatic carbocycles. The molecule has 5 nitrogen and oxygen atoms in total. The van der Waals surface area contributed by atoms with Gasteiger partial charge in [-0.05, 0) is 48.9 Å². The summed E-state index contributed by atoms with van der Waals surface area (Å²) < 4.78 is 16.9. The molecule has 0 radical (unpaired) electrons. The van der Waals surface area contributed by atoms with E-state index in [9.17, 15) is 9.18 Å². The van der Waals surface area contributed by atoms with Crippen molar-refractivity contribution in [3.8, 4) is 11.5 Å². The van der Waals surface area contributed by atoms with Crippen LogP contribution in [-0.4, -0.2) is 31.7 Å². The van der Waals surface area contributed by atoms with Gasteiger partial charge in [0.15, 0.2) is 5.82 Å². The molecule has 0 atom stereocenters. The van der Waals surface area contributed by atoms with Crippen molar-refractivity contribution in [2.45, 2.75) is 13.5 Å². The van der Waals surface area contributed by atoms with Crippen molar-refractivity contribution in [3.05, 3.63) is 102 Å². The summed E-state index contributed by atoms with van der Waals surface area (Å²) in [5, 5.41) is 4.44. The van der Waals surface area contributed by atoms with Crippen molar-refractivity contribution in [2.75, 3.05) is 6.54 Å². The van der Waals surface area contributed by atoms with Crippen LogP contribution in [0, 0.1) is 5.82 Å². The van der Waals surface area contributed by atoms with Crippen LogP contribution in [0.2, 0.25) is 0 Å². The minimum atomic E-state index is -0.320. The second kappa shape index (κ2) is 8.14. The molecule has 4 aromatic rings. The average Bonchev–Trinajstić information content (AvgIpc) is 3.42. The van der Waals surface area contributed by atoms with Gasteiger partial charge in [0, 0.05) is 25.5 Å². The van der Waals surface area contributed by atoms with Gasteiger partial charge in [-0.3, -0.25) is 4.79 Å². The van der Waals surface area contributed by atoms with Crippen LogP contribution < -0.4 is 0 Å². The van der Waals surface area contributed by atoms with E-state index in [-0.39, 0.29) is 11.7 Å². The quantitative estimate of drug-likeness (QED) is 0.489. The maximum atomic E-state index is 13.4. The first-order valence-corrected chi connectivity index (χ1v) is 9.48. The molecule has 0 fully saturated rings. The lowest BCUT2D eigenvalue weighted by atomic mass is 10.2. The highest BCUT2D eigenvalue weighted by molar-refractivity contribution is 5.97. The lowest BCUT2D eigenvalue weighted by molar-refractivity contribution is 0.0752. The van der Waals surface area contributed by atoms with Crippen LogP contribution >= 0.6 is 0 Å². The van der Waals surface area contributed by atoms with Gasteiger partial charge in [-0.25, -0.2) is 9.07 Å². The molecule has 1 amide bonds. The molecule has 0 saturated heterocycles. The fourth-order valence-electron chi connectivity index (χ4n) is 3.29. The maximum absolute atomic E-state index is 13.4. The molecule has 0 saturated carbocycles. The van der Waals surface area contributed by atoms with E-state index in [1.165, 1.54) is 12.1 Å². The molecule has 0 spiro atoms. The summed E-state index contributed by atoms with van der Waals surface area (Å²) >= 11 is 0. The number of rotatable bonds is 6. The van der Waals surface area contributed by atoms with Crippen LogP contribution in [-0.2, 0) is 6.54 Å². The molecule has 4 rings (SSSR count). The highest BCUT2D eigenvalue weighted by Gasteiger charge is 2.24. The number of hydrogen-bond acceptors (Lipinski definition) is 2. The summed E-state index contributed by atoms with van der Waals surface area (Å²) in [5.74, 6) is 0.200. The number of benzene rings is 2. The maximum Gasteiger partial charge on any atom is 0.259 e. The van der Waals surface area contributed by atoms with Gasteiger partial charge in [-0.2, -0.15) is 5.10 Å². The first-order valence-electron chi connectivity index (χ1n) is 9.48. The first-order chi connectivity index (χ1) is 14.2. The minimum Gasteiger partial charge on any atom is -0.334 e. The standard InChI is InChI=1S/C23H21FN4O/c1-2-26(17-18-8-4-3-5-9-18)23(29)21-16-25-28(20-12-10-19(24)11-13-20)22(21)27-14-6-7-15-27/h3-16H,2,17H2,1H3. The minimum absolute atomic E-state index is 0.103. The zero-order valence-electron chi connectivity index (χ0n) is 16.1. The molecule has 29 heavy (non-hydrogen) atoms. The van der Waals surface area contributed by atoms with Crippen LogP contribution in [0.1, 0.15) is 22.8 Å². The number of halogens is 1. The highest BCUT2D eigenvalue weighted by Crippen LogP contribution is 2.22. The van der Waals surface area contributed by atoms with E-state index < -0.39 is 0 Å². The van der Waals surface area contributed by atoms with E-state index in [0.717, 1.165) is 5.56 Å². The van der Waals surface area contributed by atoms with Crippen LogP contribution in [0.15, 0.2) is 85.3 Å². The van der Waals surface area contributed by atoms with Crippen molar-refractivity contribution < 1.29 is 9.18 Å². The molecule has 0 N–H and O–H groups in total. The Kier molecular flexibility index (Phi) is 5.24. The monoisotopic (exact) mass is 388 g/mol. The van der Waals surface area contributed by atoms with E-state index in [2.05, 4.69) is 5.10 Å². The van der Waals surface area contributed by atoms with E-state index in [1.807, 2.05) is 66.3 Å². The molecule has 0 aliphatic rings. The number of carbonyl (C=O) groups is 1. The Morgan fingerprint density at radius 1 is 1.00 bits per heavy atom. The van der Waals surface area contributed by atoms with Gasteiger partial charge in [-0.1, -0.05) is 30.3 Å². The van der Waals surface area contributed by atoms with Crippen LogP contribution in [0.25, 0.3) is 11.5 Å². The number of nitrogens with zero attached hydrogens (tertiary/aromatic N) is 4. The van der Waals surface area contributed by atoms with Gasteiger partial charge in [0.1, 0.15) is 11.4 Å². The van der Waals surface area contributed by atoms with Crippen LogP contribution in [0.3, 0.4) is 0 Å². The Morgan fingerprint density at radius 2 is 1.69 bits per heavy atom. The van der Waals surface area contributed by atoms with Gasteiger partial charge >= 0.3 is 0 Å². The Morgan fingerprint density at radius 3 is 2.34 bits per heavy atom. The second-order valence-electron chi connectivity index (χ2n) is 6.67. The fraction of sp³-hybridized carbons (Fsp3) is 0.130. The molecule has 2 heterocycles. The molecule has 0 aliphatic heterocycles. The summed E-state index contributed by atoms with van der Waals surface area (Å²) in [4.78, 5) is 15.2. The third-order valence-electron chi connectivity index (χ3n) is 4.78. The zero-order valence-corrected chi connectivity index (χ0v) is 16.1. The summed E-state index contributed by atoms with van der Waals surface area (Å²) in [6, 6.07) is 19.7. The SMILES string of the molecule is CCN(Cc1ccccc1)C(=O)c1cnn(-c2ccc(F)cc2)c1-n1cccc1. The van der Waals surface area contributed by atoms with Crippen molar-refractivity contribution in [1.29, 1.82) is 0 Å². The lowest BCUT2D eigenvalue weighted by Crippen LogP contribution is -2.31. The predicted molar refractivity (Wildman–Crippen MR) is 110 cm³/mol. The predicted octanol–water partition coefficient (Wildman–Crippen LogP) is 4.46. The van der Waals surface area contributed by atoms with Crippen molar-refractivity contribution in [1.82, 2.24) is 19.2 Å². The van der Waals surface area contributed by atoms with E-state index >= 15 is 0 Å². The van der Waals surface area contributed by atoms with Crippen LogP contribution in [0.5, 0.6) is 0 Å². The summed E-state index contributed by atoms with van der Waals surface area (Å²) in [6.07, 6.45) is 5.30. The highest BCUT2D eigenvalue weighted by atomic mass is 19.1. The lowest BCUT2D eigenvalue weighted by Gasteiger charge is -2.21. The van der Waals surface area contributed by atoms with E-state index in [4.69, 9.17) is 0 Å². The van der Waals surface area contributed by atoms with Gasteiger partial charge in [0.25, 0.3) is 5.91 Å². The number of amides is 1. The first kappa shape index (κ1) is 18.7. The third-order valence-corrected chi connectivity index (χ3v) is 4.78. The molecular formula is C23H21FN4O. The smallest absolute Gasteiger partial charge is 0.259 e.